The third-order valence-corrected chi connectivity index (χ3v) is 2.91. The summed E-state index contributed by atoms with van der Waals surface area (Å²) in [5.74, 6) is -2.51. The number of thiazole rings is 1. The molecule has 0 aliphatic carbocycles. The number of fused-ring (bicyclic) bond motifs is 1. The highest BCUT2D eigenvalue weighted by Gasteiger charge is 2.04. The lowest BCUT2D eigenvalue weighted by molar-refractivity contribution is -0.134. The highest BCUT2D eigenvalue weighted by molar-refractivity contribution is 7.22. The van der Waals surface area contributed by atoms with Crippen LogP contribution in [0.3, 0.4) is 0 Å². The van der Waals surface area contributed by atoms with Crippen LogP contribution in [0, 0.1) is 0 Å². The number of hydrogen-bond donors (Lipinski definition) is 4. The Morgan fingerprint density at radius 1 is 1.25 bits per heavy atom. The maximum absolute atomic E-state index is 9.55. The number of anilines is 1. The molecule has 7 nitrogen and oxygen atoms in total. The van der Waals surface area contributed by atoms with Crippen LogP contribution in [-0.4, -0.2) is 32.2 Å². The second kappa shape index (κ2) is 7.22. The van der Waals surface area contributed by atoms with Gasteiger partial charge in [0.2, 0.25) is 0 Å². The van der Waals surface area contributed by atoms with Crippen LogP contribution in [0.1, 0.15) is 5.56 Å². The molecule has 0 aliphatic rings. The predicted molar refractivity (Wildman–Crippen MR) is 74.4 cm³/mol. The molecule has 0 saturated carbocycles. The SMILES string of the molecule is Nc1nc2c(CO)cccc2s1.O=C(O)/C=C\C(=O)O. The maximum atomic E-state index is 9.55. The largest absolute Gasteiger partial charge is 0.478 e. The molecule has 8 heteroatoms. The van der Waals surface area contributed by atoms with Crippen LogP contribution >= 0.6 is 11.3 Å². The molecular weight excluding hydrogens is 284 g/mol. The highest BCUT2D eigenvalue weighted by Crippen LogP contribution is 2.25. The average molecular weight is 296 g/mol. The Morgan fingerprint density at radius 3 is 2.35 bits per heavy atom. The number of nitrogen functional groups attached to an aromatic ring is 1. The van der Waals surface area contributed by atoms with Crippen molar-refractivity contribution in [3.8, 4) is 0 Å². The normalized spacial score (nSPS) is 10.2. The molecular formula is C12H12N2O5S. The lowest BCUT2D eigenvalue weighted by Crippen LogP contribution is -1.91. The third-order valence-electron chi connectivity index (χ3n) is 2.06. The predicted octanol–water partition coefficient (Wildman–Crippen LogP) is 1.08. The number of rotatable bonds is 3. The van der Waals surface area contributed by atoms with Gasteiger partial charge in [-0.05, 0) is 6.07 Å². The number of aliphatic hydroxyl groups is 1. The van der Waals surface area contributed by atoms with Crippen molar-refractivity contribution in [3.05, 3.63) is 35.9 Å². The van der Waals surface area contributed by atoms with Gasteiger partial charge < -0.3 is 21.1 Å². The van der Waals surface area contributed by atoms with E-state index in [0.29, 0.717) is 17.3 Å². The number of nitrogens with two attached hydrogens (primary N) is 1. The Balaban J connectivity index is 0.000000221. The second-order valence-electron chi connectivity index (χ2n) is 3.48. The molecule has 0 amide bonds. The molecule has 0 fully saturated rings. The first-order chi connectivity index (χ1) is 9.43. The summed E-state index contributed by atoms with van der Waals surface area (Å²) in [4.78, 5) is 23.2. The molecule has 0 unspecified atom stereocenters. The number of benzene rings is 1. The van der Waals surface area contributed by atoms with Crippen LogP contribution in [0.2, 0.25) is 0 Å². The molecule has 0 aliphatic heterocycles. The number of nitrogens with zero attached hydrogens (tertiary/aromatic N) is 1. The van der Waals surface area contributed by atoms with Crippen molar-refractivity contribution in [1.82, 2.24) is 4.98 Å². The molecule has 0 saturated heterocycles. The summed E-state index contributed by atoms with van der Waals surface area (Å²) in [6.07, 6.45) is 1.12. The molecule has 0 atom stereocenters. The molecule has 5 N–H and O–H groups in total. The van der Waals surface area contributed by atoms with E-state index in [1.54, 1.807) is 0 Å². The van der Waals surface area contributed by atoms with Gasteiger partial charge in [-0.2, -0.15) is 0 Å². The smallest absolute Gasteiger partial charge is 0.328 e. The minimum absolute atomic E-state index is 0.0144. The van der Waals surface area contributed by atoms with Gasteiger partial charge in [0, 0.05) is 17.7 Å². The Kier molecular flexibility index (Phi) is 5.63. The van der Waals surface area contributed by atoms with E-state index in [4.69, 9.17) is 21.1 Å². The van der Waals surface area contributed by atoms with Gasteiger partial charge in [0.05, 0.1) is 16.8 Å². The third kappa shape index (κ3) is 4.67. The zero-order valence-electron chi connectivity index (χ0n) is 10.2. The summed E-state index contributed by atoms with van der Waals surface area (Å²) in [6, 6.07) is 5.69. The van der Waals surface area contributed by atoms with E-state index in [0.717, 1.165) is 15.8 Å². The van der Waals surface area contributed by atoms with Gasteiger partial charge in [-0.15, -0.1) is 0 Å². The Morgan fingerprint density at radius 2 is 1.85 bits per heavy atom. The van der Waals surface area contributed by atoms with E-state index < -0.39 is 11.9 Å². The van der Waals surface area contributed by atoms with Gasteiger partial charge >= 0.3 is 11.9 Å². The summed E-state index contributed by atoms with van der Waals surface area (Å²) in [6.45, 7) is 0.0144. The van der Waals surface area contributed by atoms with Crippen LogP contribution in [0.15, 0.2) is 30.4 Å². The molecule has 106 valence electrons. The second-order valence-corrected chi connectivity index (χ2v) is 4.55. The zero-order valence-corrected chi connectivity index (χ0v) is 11.0. The topological polar surface area (TPSA) is 134 Å². The molecule has 1 aromatic heterocycles. The van der Waals surface area contributed by atoms with E-state index in [1.807, 2.05) is 18.2 Å². The van der Waals surface area contributed by atoms with E-state index >= 15 is 0 Å². The number of carbonyl (C=O) groups is 2. The van der Waals surface area contributed by atoms with E-state index in [2.05, 4.69) is 4.98 Å². The van der Waals surface area contributed by atoms with Crippen molar-refractivity contribution in [3.63, 3.8) is 0 Å². The molecule has 2 aromatic rings. The number of carboxylic acids is 2. The Labute approximate surface area is 117 Å². The van der Waals surface area contributed by atoms with Crippen LogP contribution in [-0.2, 0) is 16.2 Å². The van der Waals surface area contributed by atoms with Crippen LogP contribution in [0.4, 0.5) is 5.13 Å². The number of aliphatic hydroxyl groups excluding tert-OH is 1. The number of aromatic nitrogens is 1. The highest BCUT2D eigenvalue weighted by atomic mass is 32.1. The van der Waals surface area contributed by atoms with Crippen molar-refractivity contribution in [2.75, 3.05) is 5.73 Å². The Bertz CT molecular complexity index is 634. The first-order valence-electron chi connectivity index (χ1n) is 5.32. The number of hydrogen-bond acceptors (Lipinski definition) is 6. The first kappa shape index (κ1) is 15.6. The fourth-order valence-electron chi connectivity index (χ4n) is 1.29. The van der Waals surface area contributed by atoms with Gasteiger partial charge in [-0.3, -0.25) is 0 Å². The van der Waals surface area contributed by atoms with Crippen molar-refractivity contribution in [2.45, 2.75) is 6.61 Å². The minimum Gasteiger partial charge on any atom is -0.478 e. The van der Waals surface area contributed by atoms with Gasteiger partial charge in [0.15, 0.2) is 5.13 Å². The molecule has 0 bridgehead atoms. The van der Waals surface area contributed by atoms with Gasteiger partial charge in [0.25, 0.3) is 0 Å². The van der Waals surface area contributed by atoms with Crippen LogP contribution in [0.25, 0.3) is 10.2 Å². The summed E-state index contributed by atoms with van der Waals surface area (Å²) < 4.78 is 1.03. The standard InChI is InChI=1S/C8H8N2OS.C4H4O4/c9-8-10-7-5(4-11)2-1-3-6(7)12-8;5-3(6)1-2-4(7)8/h1-3,11H,4H2,(H2,9,10);1-2H,(H,5,6)(H,7,8)/b;2-1-. The van der Waals surface area contributed by atoms with Gasteiger partial charge in [-0.25, -0.2) is 14.6 Å². The fraction of sp³-hybridized carbons (Fsp3) is 0.0833. The molecule has 0 radical (unpaired) electrons. The van der Waals surface area contributed by atoms with E-state index in [1.165, 1.54) is 11.3 Å². The van der Waals surface area contributed by atoms with E-state index in [9.17, 15) is 9.59 Å². The average Bonchev–Trinajstić information content (AvgIpc) is 2.77. The summed E-state index contributed by atoms with van der Waals surface area (Å²) in [5.41, 5.74) is 7.20. The van der Waals surface area contributed by atoms with Gasteiger partial charge in [0.1, 0.15) is 0 Å². The molecule has 20 heavy (non-hydrogen) atoms. The number of carboxylic acid groups (broad SMARTS) is 2. The van der Waals surface area contributed by atoms with E-state index in [-0.39, 0.29) is 6.61 Å². The lowest BCUT2D eigenvalue weighted by atomic mass is 10.2. The fourth-order valence-corrected chi connectivity index (χ4v) is 2.08. The number of aliphatic carboxylic acids is 2. The molecule has 1 aromatic carbocycles. The van der Waals surface area contributed by atoms with Crippen molar-refractivity contribution in [1.29, 1.82) is 0 Å². The zero-order chi connectivity index (χ0) is 15.1. The maximum Gasteiger partial charge on any atom is 0.328 e. The van der Waals surface area contributed by atoms with Crippen molar-refractivity contribution in [2.24, 2.45) is 0 Å². The monoisotopic (exact) mass is 296 g/mol. The molecule has 1 heterocycles. The van der Waals surface area contributed by atoms with Gasteiger partial charge in [-0.1, -0.05) is 23.5 Å². The molecule has 2 rings (SSSR count). The van der Waals surface area contributed by atoms with Crippen molar-refractivity contribution >= 4 is 38.6 Å². The number of para-hydroxylation sites is 1. The van der Waals surface area contributed by atoms with Crippen LogP contribution in [0.5, 0.6) is 0 Å². The van der Waals surface area contributed by atoms with Crippen molar-refractivity contribution < 1.29 is 24.9 Å². The molecule has 0 spiro atoms. The Hall–Kier alpha value is -2.45. The summed E-state index contributed by atoms with van der Waals surface area (Å²) in [5, 5.41) is 25.1. The minimum atomic E-state index is -1.26. The lowest BCUT2D eigenvalue weighted by Gasteiger charge is -1.94. The first-order valence-corrected chi connectivity index (χ1v) is 6.14. The quantitative estimate of drug-likeness (QED) is 0.623. The summed E-state index contributed by atoms with van der Waals surface area (Å²) >= 11 is 1.44. The van der Waals surface area contributed by atoms with Crippen LogP contribution < -0.4 is 5.73 Å². The summed E-state index contributed by atoms with van der Waals surface area (Å²) in [7, 11) is 0.